The summed E-state index contributed by atoms with van der Waals surface area (Å²) in [5.74, 6) is -2.94. The summed E-state index contributed by atoms with van der Waals surface area (Å²) in [4.78, 5) is 48.9. The monoisotopic (exact) mass is 737 g/mol. The number of alkyl halides is 3. The van der Waals surface area contributed by atoms with E-state index in [1.54, 1.807) is 42.2 Å². The van der Waals surface area contributed by atoms with Gasteiger partial charge in [0.1, 0.15) is 5.82 Å². The lowest BCUT2D eigenvalue weighted by Crippen LogP contribution is -2.47. The predicted octanol–water partition coefficient (Wildman–Crippen LogP) is 6.80. The number of carbonyl (C=O) groups is 2. The van der Waals surface area contributed by atoms with E-state index < -0.39 is 62.4 Å². The third kappa shape index (κ3) is 9.15. The number of ether oxygens (including phenoxy) is 1. The van der Waals surface area contributed by atoms with Gasteiger partial charge in [0.15, 0.2) is 6.79 Å². The Hall–Kier alpha value is -3.85. The van der Waals surface area contributed by atoms with E-state index >= 15 is 4.39 Å². The Morgan fingerprint density at radius 1 is 1.00 bits per heavy atom. The van der Waals surface area contributed by atoms with Gasteiger partial charge < -0.3 is 34.7 Å². The third-order valence-electron chi connectivity index (χ3n) is 9.40. The zero-order chi connectivity index (χ0) is 37.1. The molecule has 0 spiro atoms. The second-order valence-electron chi connectivity index (χ2n) is 12.8. The molecule has 1 saturated heterocycles. The fourth-order valence-corrected chi connectivity index (χ4v) is 7.18. The van der Waals surface area contributed by atoms with Crippen LogP contribution in [0.3, 0.4) is 0 Å². The van der Waals surface area contributed by atoms with Crippen molar-refractivity contribution in [3.8, 4) is 0 Å². The summed E-state index contributed by atoms with van der Waals surface area (Å²) >= 11 is 0. The lowest BCUT2D eigenvalue weighted by Gasteiger charge is -2.41. The van der Waals surface area contributed by atoms with Crippen LogP contribution in [0.15, 0.2) is 60.7 Å². The van der Waals surface area contributed by atoms with E-state index in [4.69, 9.17) is 14.5 Å². The van der Waals surface area contributed by atoms with Crippen molar-refractivity contribution in [2.24, 2.45) is 5.92 Å². The second-order valence-corrected chi connectivity index (χ2v) is 14.0. The molecule has 1 unspecified atom stereocenters. The Balaban J connectivity index is 1.50. The number of aryl methyl sites for hydroxylation is 2. The Bertz CT molecular complexity index is 1740. The SMILES string of the molecule is Cc1ccc(NC(=O)[C@H]2CCCN(C(=O)c3c(C)cccc3F)[C@H]2c2ccc(N(C3CCCC3)C(O)OCOP(=O)(O)O)cc2)cc1C(F)(F)F. The maximum Gasteiger partial charge on any atom is 0.471 e. The van der Waals surface area contributed by atoms with Crippen LogP contribution in [0.4, 0.5) is 28.9 Å². The highest BCUT2D eigenvalue weighted by Crippen LogP contribution is 2.41. The number of halogens is 4. The molecule has 5 rings (SSSR count). The molecule has 276 valence electrons. The van der Waals surface area contributed by atoms with Gasteiger partial charge in [-0.15, -0.1) is 0 Å². The van der Waals surface area contributed by atoms with Crippen LogP contribution in [-0.4, -0.2) is 57.4 Å². The Kier molecular flexibility index (Phi) is 11.9. The molecule has 16 heteroatoms. The average Bonchev–Trinajstić information content (AvgIpc) is 3.59. The van der Waals surface area contributed by atoms with E-state index in [0.717, 1.165) is 18.9 Å². The first-order valence-electron chi connectivity index (χ1n) is 16.5. The minimum Gasteiger partial charge on any atom is -0.351 e. The van der Waals surface area contributed by atoms with Crippen molar-refractivity contribution in [2.45, 2.75) is 77.0 Å². The van der Waals surface area contributed by atoms with Crippen LogP contribution in [0.2, 0.25) is 0 Å². The van der Waals surface area contributed by atoms with Crippen LogP contribution in [0.25, 0.3) is 0 Å². The standard InChI is InChI=1S/C35H40F4N3O8P/c1-21-12-15-24(19-28(21)35(37,38)39)40-32(43)27-10-6-18-41(33(44)30-22(2)7-5-11-29(30)36)31(27)23-13-16-26(17-14-23)42(25-8-3-4-9-25)34(45)49-20-50-51(46,47)48/h5,7,11-17,19,25,27,31,34,45H,3-4,6,8-10,18,20H2,1-2H3,(H,40,43)(H2,46,47,48)/t27-,31-,34?/m0/s1. The number of piperidine rings is 1. The lowest BCUT2D eigenvalue weighted by molar-refractivity contribution is -0.149. The van der Waals surface area contributed by atoms with E-state index in [1.165, 1.54) is 36.1 Å². The van der Waals surface area contributed by atoms with Crippen LogP contribution < -0.4 is 10.2 Å². The molecule has 2 aliphatic rings. The van der Waals surface area contributed by atoms with E-state index in [1.807, 2.05) is 0 Å². The highest BCUT2D eigenvalue weighted by molar-refractivity contribution is 7.46. The van der Waals surface area contributed by atoms with Gasteiger partial charge in [-0.3, -0.25) is 14.1 Å². The molecule has 0 radical (unpaired) electrons. The Morgan fingerprint density at radius 2 is 1.69 bits per heavy atom. The number of amides is 2. The Labute approximate surface area is 292 Å². The van der Waals surface area contributed by atoms with Gasteiger partial charge in [-0.2, -0.15) is 13.2 Å². The molecule has 0 bridgehead atoms. The molecule has 1 aliphatic carbocycles. The quantitative estimate of drug-likeness (QED) is 0.0947. The third-order valence-corrected chi connectivity index (χ3v) is 9.84. The number of likely N-dealkylation sites (tertiary alicyclic amines) is 1. The van der Waals surface area contributed by atoms with Crippen molar-refractivity contribution in [2.75, 3.05) is 23.6 Å². The minimum absolute atomic E-state index is 0.00959. The number of hydrogen-bond acceptors (Lipinski definition) is 7. The highest BCUT2D eigenvalue weighted by atomic mass is 31.2. The zero-order valence-electron chi connectivity index (χ0n) is 28.0. The number of phosphoric ester groups is 1. The number of rotatable bonds is 11. The Morgan fingerprint density at radius 3 is 2.31 bits per heavy atom. The summed E-state index contributed by atoms with van der Waals surface area (Å²) in [6.07, 6.45) is -2.49. The lowest BCUT2D eigenvalue weighted by atomic mass is 9.83. The number of phosphoric acid groups is 1. The number of aliphatic hydroxyl groups is 1. The van der Waals surface area contributed by atoms with Gasteiger partial charge in [0.2, 0.25) is 12.3 Å². The van der Waals surface area contributed by atoms with Gasteiger partial charge >= 0.3 is 14.0 Å². The fraction of sp³-hybridized carbons (Fsp3) is 0.429. The topological polar surface area (TPSA) is 149 Å². The van der Waals surface area contributed by atoms with Gasteiger partial charge in [-0.25, -0.2) is 8.96 Å². The van der Waals surface area contributed by atoms with Crippen molar-refractivity contribution >= 4 is 31.0 Å². The minimum atomic E-state index is -4.86. The van der Waals surface area contributed by atoms with Crippen molar-refractivity contribution in [3.05, 3.63) is 94.3 Å². The van der Waals surface area contributed by atoms with Crippen LogP contribution in [0.1, 0.15) is 77.2 Å². The number of aliphatic hydroxyl groups excluding tert-OH is 1. The maximum atomic E-state index is 15.1. The molecule has 3 aromatic carbocycles. The summed E-state index contributed by atoms with van der Waals surface area (Å²) in [5.41, 5.74) is 0.214. The molecule has 11 nitrogen and oxygen atoms in total. The van der Waals surface area contributed by atoms with Gasteiger partial charge in [-0.1, -0.05) is 43.2 Å². The highest BCUT2D eigenvalue weighted by Gasteiger charge is 2.41. The molecule has 0 aromatic heterocycles. The van der Waals surface area contributed by atoms with Crippen LogP contribution >= 0.6 is 7.82 Å². The van der Waals surface area contributed by atoms with Crippen molar-refractivity contribution in [1.29, 1.82) is 0 Å². The summed E-state index contributed by atoms with van der Waals surface area (Å²) < 4.78 is 76.8. The maximum absolute atomic E-state index is 15.1. The molecule has 1 aliphatic heterocycles. The van der Waals surface area contributed by atoms with Gasteiger partial charge in [0.05, 0.1) is 23.1 Å². The number of carbonyl (C=O) groups excluding carboxylic acids is 2. The van der Waals surface area contributed by atoms with Gasteiger partial charge in [0, 0.05) is 24.0 Å². The van der Waals surface area contributed by atoms with Gasteiger partial charge in [0.25, 0.3) is 5.91 Å². The number of anilines is 2. The molecule has 3 atom stereocenters. The molecule has 4 N–H and O–H groups in total. The first-order chi connectivity index (χ1) is 24.0. The van der Waals surface area contributed by atoms with Crippen molar-refractivity contribution in [3.63, 3.8) is 0 Å². The fourth-order valence-electron chi connectivity index (χ4n) is 6.98. The first kappa shape index (κ1) is 38.4. The van der Waals surface area contributed by atoms with E-state index in [9.17, 15) is 32.4 Å². The molecule has 2 amide bonds. The summed E-state index contributed by atoms with van der Waals surface area (Å²) in [6, 6.07) is 13.2. The molecule has 1 saturated carbocycles. The molecular weight excluding hydrogens is 697 g/mol. The van der Waals surface area contributed by atoms with Gasteiger partial charge in [-0.05, 0) is 86.6 Å². The number of nitrogens with zero attached hydrogens (tertiary/aromatic N) is 2. The molecule has 2 fully saturated rings. The molecule has 3 aromatic rings. The number of benzene rings is 3. The van der Waals surface area contributed by atoms with Crippen LogP contribution in [0.5, 0.6) is 0 Å². The molecular formula is C35H40F4N3O8P. The largest absolute Gasteiger partial charge is 0.471 e. The second kappa shape index (κ2) is 15.8. The van der Waals surface area contributed by atoms with Crippen LogP contribution in [0, 0.1) is 25.6 Å². The smallest absolute Gasteiger partial charge is 0.351 e. The summed E-state index contributed by atoms with van der Waals surface area (Å²) in [6.45, 7) is 2.20. The van der Waals surface area contributed by atoms with Crippen molar-refractivity contribution in [1.82, 2.24) is 4.90 Å². The molecule has 51 heavy (non-hydrogen) atoms. The van der Waals surface area contributed by atoms with E-state index in [2.05, 4.69) is 9.84 Å². The molecule has 1 heterocycles. The van der Waals surface area contributed by atoms with E-state index in [0.29, 0.717) is 36.1 Å². The normalized spacial score (nSPS) is 19.2. The zero-order valence-corrected chi connectivity index (χ0v) is 28.9. The predicted molar refractivity (Wildman–Crippen MR) is 179 cm³/mol. The summed E-state index contributed by atoms with van der Waals surface area (Å²) in [7, 11) is -4.86. The number of nitrogens with one attached hydrogen (secondary N) is 1. The first-order valence-corrected chi connectivity index (χ1v) is 18.0. The van der Waals surface area contributed by atoms with E-state index in [-0.39, 0.29) is 35.8 Å². The van der Waals surface area contributed by atoms with Crippen molar-refractivity contribution < 1.29 is 55.9 Å². The summed E-state index contributed by atoms with van der Waals surface area (Å²) in [5, 5.41) is 13.5. The average molecular weight is 738 g/mol. The number of hydrogen-bond donors (Lipinski definition) is 4. The van der Waals surface area contributed by atoms with Crippen LogP contribution in [-0.2, 0) is 24.8 Å².